The van der Waals surface area contributed by atoms with Gasteiger partial charge in [0.25, 0.3) is 0 Å². The van der Waals surface area contributed by atoms with E-state index >= 15 is 0 Å². The van der Waals surface area contributed by atoms with Crippen molar-refractivity contribution in [2.45, 2.75) is 13.3 Å². The SMILES string of the molecule is C=C(Cc1ccc(F)cc1)N=C(C)SC. The van der Waals surface area contributed by atoms with Gasteiger partial charge in [0, 0.05) is 12.1 Å². The number of aliphatic imine (C=N–C) groups is 1. The first-order chi connectivity index (χ1) is 7.11. The van der Waals surface area contributed by atoms with Crippen LogP contribution in [0.1, 0.15) is 12.5 Å². The van der Waals surface area contributed by atoms with E-state index < -0.39 is 0 Å². The number of benzene rings is 1. The van der Waals surface area contributed by atoms with Crippen molar-refractivity contribution in [3.8, 4) is 0 Å². The van der Waals surface area contributed by atoms with Gasteiger partial charge in [-0.05, 0) is 30.9 Å². The minimum absolute atomic E-state index is 0.215. The molecule has 0 N–H and O–H groups in total. The third-order valence-electron chi connectivity index (χ3n) is 1.93. The molecular weight excluding hydrogens is 209 g/mol. The maximum absolute atomic E-state index is 12.6. The molecule has 0 aliphatic carbocycles. The largest absolute Gasteiger partial charge is 0.252 e. The van der Waals surface area contributed by atoms with Crippen molar-refractivity contribution in [1.82, 2.24) is 0 Å². The third-order valence-corrected chi connectivity index (χ3v) is 2.61. The van der Waals surface area contributed by atoms with Gasteiger partial charge in [-0.1, -0.05) is 18.7 Å². The summed E-state index contributed by atoms with van der Waals surface area (Å²) >= 11 is 1.60. The molecule has 3 heteroatoms. The van der Waals surface area contributed by atoms with Gasteiger partial charge < -0.3 is 0 Å². The van der Waals surface area contributed by atoms with Crippen molar-refractivity contribution >= 4 is 16.8 Å². The topological polar surface area (TPSA) is 12.4 Å². The summed E-state index contributed by atoms with van der Waals surface area (Å²) in [6, 6.07) is 6.41. The van der Waals surface area contributed by atoms with Crippen LogP contribution in [0.2, 0.25) is 0 Å². The fraction of sp³-hybridized carbons (Fsp3) is 0.250. The van der Waals surface area contributed by atoms with Gasteiger partial charge in [-0.25, -0.2) is 4.39 Å². The molecule has 0 aliphatic heterocycles. The molecule has 0 radical (unpaired) electrons. The Balaban J connectivity index is 2.63. The Kier molecular flexibility index (Phi) is 4.56. The Morgan fingerprint density at radius 2 is 2.00 bits per heavy atom. The summed E-state index contributed by atoms with van der Waals surface area (Å²) in [5, 5.41) is 0.988. The Morgan fingerprint density at radius 3 is 2.53 bits per heavy atom. The van der Waals surface area contributed by atoms with Crippen molar-refractivity contribution in [2.24, 2.45) is 4.99 Å². The molecule has 0 unspecified atom stereocenters. The van der Waals surface area contributed by atoms with Crippen LogP contribution in [-0.4, -0.2) is 11.3 Å². The molecule has 0 saturated carbocycles. The van der Waals surface area contributed by atoms with E-state index in [1.54, 1.807) is 23.9 Å². The van der Waals surface area contributed by atoms with E-state index in [4.69, 9.17) is 0 Å². The van der Waals surface area contributed by atoms with Crippen molar-refractivity contribution in [3.63, 3.8) is 0 Å². The molecular formula is C12H14FNS. The molecule has 0 amide bonds. The van der Waals surface area contributed by atoms with Crippen LogP contribution in [0.15, 0.2) is 41.5 Å². The van der Waals surface area contributed by atoms with E-state index in [2.05, 4.69) is 11.6 Å². The lowest BCUT2D eigenvalue weighted by Gasteiger charge is -2.02. The minimum atomic E-state index is -0.215. The van der Waals surface area contributed by atoms with E-state index in [9.17, 15) is 4.39 Å². The third kappa shape index (κ3) is 4.30. The van der Waals surface area contributed by atoms with Crippen molar-refractivity contribution in [1.29, 1.82) is 0 Å². The van der Waals surface area contributed by atoms with E-state index in [1.165, 1.54) is 12.1 Å². The Hall–Kier alpha value is -1.09. The summed E-state index contributed by atoms with van der Waals surface area (Å²) in [5.74, 6) is -0.215. The number of thioether (sulfide) groups is 1. The van der Waals surface area contributed by atoms with E-state index in [-0.39, 0.29) is 5.82 Å². The first-order valence-corrected chi connectivity index (χ1v) is 5.86. The molecule has 0 aliphatic rings. The van der Waals surface area contributed by atoms with Gasteiger partial charge in [0.15, 0.2) is 0 Å². The first-order valence-electron chi connectivity index (χ1n) is 4.63. The van der Waals surface area contributed by atoms with Crippen LogP contribution in [0.4, 0.5) is 4.39 Å². The molecule has 1 aromatic carbocycles. The Morgan fingerprint density at radius 1 is 1.40 bits per heavy atom. The molecule has 0 atom stereocenters. The molecule has 0 bridgehead atoms. The second-order valence-corrected chi connectivity index (χ2v) is 4.20. The quantitative estimate of drug-likeness (QED) is 0.562. The van der Waals surface area contributed by atoms with E-state index in [0.717, 1.165) is 16.3 Å². The fourth-order valence-corrected chi connectivity index (χ4v) is 1.37. The lowest BCUT2D eigenvalue weighted by molar-refractivity contribution is 0.627. The number of hydrogen-bond donors (Lipinski definition) is 0. The van der Waals surface area contributed by atoms with Crippen LogP contribution < -0.4 is 0 Å². The molecule has 1 nitrogen and oxygen atoms in total. The molecule has 0 aromatic heterocycles. The van der Waals surface area contributed by atoms with Gasteiger partial charge in [0.1, 0.15) is 5.82 Å². The van der Waals surface area contributed by atoms with Crippen LogP contribution in [0.3, 0.4) is 0 Å². The van der Waals surface area contributed by atoms with Crippen LogP contribution >= 0.6 is 11.8 Å². The number of hydrogen-bond acceptors (Lipinski definition) is 2. The number of halogens is 1. The monoisotopic (exact) mass is 223 g/mol. The molecule has 0 heterocycles. The number of nitrogens with zero attached hydrogens (tertiary/aromatic N) is 1. The van der Waals surface area contributed by atoms with Crippen LogP contribution in [0, 0.1) is 5.82 Å². The maximum Gasteiger partial charge on any atom is 0.123 e. The summed E-state index contributed by atoms with van der Waals surface area (Å²) < 4.78 is 12.6. The van der Waals surface area contributed by atoms with Gasteiger partial charge in [-0.3, -0.25) is 4.99 Å². The molecule has 80 valence electrons. The zero-order chi connectivity index (χ0) is 11.3. The van der Waals surface area contributed by atoms with E-state index in [0.29, 0.717) is 6.42 Å². The summed E-state index contributed by atoms with van der Waals surface area (Å²) in [5.41, 5.74) is 1.83. The average molecular weight is 223 g/mol. The van der Waals surface area contributed by atoms with Crippen LogP contribution in [-0.2, 0) is 6.42 Å². The highest BCUT2D eigenvalue weighted by Crippen LogP contribution is 2.10. The predicted octanol–water partition coefficient (Wildman–Crippen LogP) is 3.66. The Labute approximate surface area is 94.1 Å². The molecule has 1 rings (SSSR count). The van der Waals surface area contributed by atoms with Gasteiger partial charge in [0.05, 0.1) is 5.04 Å². The fourth-order valence-electron chi connectivity index (χ4n) is 1.15. The van der Waals surface area contributed by atoms with E-state index in [1.807, 2.05) is 13.2 Å². The maximum atomic E-state index is 12.6. The normalized spacial score (nSPS) is 11.5. The highest BCUT2D eigenvalue weighted by molar-refractivity contribution is 8.13. The second kappa shape index (κ2) is 5.71. The van der Waals surface area contributed by atoms with Crippen molar-refractivity contribution in [3.05, 3.63) is 47.9 Å². The molecule has 0 saturated heterocycles. The molecule has 15 heavy (non-hydrogen) atoms. The first kappa shape index (κ1) is 12.0. The van der Waals surface area contributed by atoms with Crippen molar-refractivity contribution in [2.75, 3.05) is 6.26 Å². The van der Waals surface area contributed by atoms with Gasteiger partial charge in [-0.15, -0.1) is 11.8 Å². The van der Waals surface area contributed by atoms with Crippen molar-refractivity contribution < 1.29 is 4.39 Å². The standard InChI is InChI=1S/C12H14FNS/c1-9(14-10(2)15-3)8-11-4-6-12(13)7-5-11/h4-7H,1,8H2,2-3H3. The number of allylic oxidation sites excluding steroid dienone is 1. The smallest absolute Gasteiger partial charge is 0.123 e. The highest BCUT2D eigenvalue weighted by atomic mass is 32.2. The summed E-state index contributed by atoms with van der Waals surface area (Å²) in [7, 11) is 0. The zero-order valence-electron chi connectivity index (χ0n) is 8.96. The van der Waals surface area contributed by atoms with Gasteiger partial charge >= 0.3 is 0 Å². The minimum Gasteiger partial charge on any atom is -0.252 e. The van der Waals surface area contributed by atoms with Gasteiger partial charge in [0.2, 0.25) is 0 Å². The molecule has 1 aromatic rings. The summed E-state index contributed by atoms with van der Waals surface area (Å²) in [6.45, 7) is 5.81. The average Bonchev–Trinajstić information content (AvgIpc) is 2.21. The lowest BCUT2D eigenvalue weighted by atomic mass is 10.1. The lowest BCUT2D eigenvalue weighted by Crippen LogP contribution is -1.90. The summed E-state index contributed by atoms with van der Waals surface area (Å²) in [4.78, 5) is 4.30. The Bertz CT molecular complexity index is 368. The molecule has 0 fully saturated rings. The molecule has 0 spiro atoms. The second-order valence-electron chi connectivity index (χ2n) is 3.20. The zero-order valence-corrected chi connectivity index (χ0v) is 9.77. The van der Waals surface area contributed by atoms with Crippen LogP contribution in [0.25, 0.3) is 0 Å². The highest BCUT2D eigenvalue weighted by Gasteiger charge is 1.97. The predicted molar refractivity (Wildman–Crippen MR) is 65.9 cm³/mol. The number of rotatable bonds is 3. The summed E-state index contributed by atoms with van der Waals surface area (Å²) in [6.07, 6.45) is 2.64. The van der Waals surface area contributed by atoms with Crippen LogP contribution in [0.5, 0.6) is 0 Å². The van der Waals surface area contributed by atoms with Gasteiger partial charge in [-0.2, -0.15) is 0 Å².